The lowest BCUT2D eigenvalue weighted by Gasteiger charge is -2.09. The smallest absolute Gasteiger partial charge is 0.272 e. The number of amides is 1. The van der Waals surface area contributed by atoms with Crippen LogP contribution in [0.1, 0.15) is 32.6 Å². The van der Waals surface area contributed by atoms with Gasteiger partial charge in [0.25, 0.3) is 5.91 Å². The van der Waals surface area contributed by atoms with E-state index in [1.807, 2.05) is 62.4 Å². The third-order valence-corrected chi connectivity index (χ3v) is 4.45. The molecule has 1 N–H and O–H groups in total. The summed E-state index contributed by atoms with van der Waals surface area (Å²) in [6.45, 7) is 4.42. The van der Waals surface area contributed by atoms with Crippen molar-refractivity contribution in [2.45, 2.75) is 20.5 Å². The molecule has 0 heterocycles. The minimum atomic E-state index is -0.362. The zero-order valence-electron chi connectivity index (χ0n) is 15.8. The van der Waals surface area contributed by atoms with Crippen molar-refractivity contribution in [1.29, 1.82) is 0 Å². The topological polar surface area (TPSA) is 50.7 Å². The van der Waals surface area contributed by atoms with Crippen LogP contribution in [0, 0.1) is 13.8 Å². The van der Waals surface area contributed by atoms with Crippen molar-refractivity contribution in [2.75, 3.05) is 0 Å². The molecule has 3 aromatic carbocycles. The predicted octanol–water partition coefficient (Wildman–Crippen LogP) is 5.30. The summed E-state index contributed by atoms with van der Waals surface area (Å²) in [6, 6.07) is 21.0. The van der Waals surface area contributed by atoms with E-state index in [1.54, 1.807) is 18.3 Å². The average Bonchev–Trinajstić information content (AvgIpc) is 2.67. The standard InChI is InChI=1S/C23H21ClN2O2/c1-16-6-5-7-18(12-16)15-28-22-9-4-3-8-19(22)14-25-26-23(27)20-11-10-17(2)13-21(20)24/h3-14H,15H2,1-2H3,(H,26,27)/b25-14-. The monoisotopic (exact) mass is 392 g/mol. The van der Waals surface area contributed by atoms with Crippen LogP contribution in [-0.4, -0.2) is 12.1 Å². The number of benzene rings is 3. The highest BCUT2D eigenvalue weighted by Gasteiger charge is 2.09. The fourth-order valence-corrected chi connectivity index (χ4v) is 3.03. The minimum Gasteiger partial charge on any atom is -0.488 e. The largest absolute Gasteiger partial charge is 0.488 e. The predicted molar refractivity (Wildman–Crippen MR) is 113 cm³/mol. The Hall–Kier alpha value is -3.11. The molecule has 4 nitrogen and oxygen atoms in total. The molecule has 0 spiro atoms. The van der Waals surface area contributed by atoms with Crippen molar-refractivity contribution in [3.8, 4) is 5.75 Å². The number of para-hydroxylation sites is 1. The number of nitrogens with zero attached hydrogens (tertiary/aromatic N) is 1. The van der Waals surface area contributed by atoms with Crippen LogP contribution >= 0.6 is 11.6 Å². The van der Waals surface area contributed by atoms with E-state index in [4.69, 9.17) is 16.3 Å². The normalized spacial score (nSPS) is 10.8. The number of hydrogen-bond donors (Lipinski definition) is 1. The van der Waals surface area contributed by atoms with Crippen LogP contribution in [0.5, 0.6) is 5.75 Å². The molecular formula is C23H21ClN2O2. The molecule has 0 aliphatic heterocycles. The zero-order chi connectivity index (χ0) is 19.9. The van der Waals surface area contributed by atoms with Gasteiger partial charge in [0.05, 0.1) is 16.8 Å². The number of carbonyl (C=O) groups is 1. The van der Waals surface area contributed by atoms with Crippen LogP contribution in [0.15, 0.2) is 71.8 Å². The Kier molecular flexibility index (Phi) is 6.45. The first-order chi connectivity index (χ1) is 13.5. The Morgan fingerprint density at radius 2 is 1.82 bits per heavy atom. The molecule has 0 bridgehead atoms. The van der Waals surface area contributed by atoms with Gasteiger partial charge in [0.1, 0.15) is 12.4 Å². The van der Waals surface area contributed by atoms with Crippen LogP contribution in [-0.2, 0) is 6.61 Å². The van der Waals surface area contributed by atoms with Gasteiger partial charge in [-0.05, 0) is 49.2 Å². The summed E-state index contributed by atoms with van der Waals surface area (Å²) in [7, 11) is 0. The molecule has 0 unspecified atom stereocenters. The highest BCUT2D eigenvalue weighted by Crippen LogP contribution is 2.19. The Labute approximate surface area is 169 Å². The first-order valence-corrected chi connectivity index (χ1v) is 9.27. The molecule has 142 valence electrons. The van der Waals surface area contributed by atoms with Crippen molar-refractivity contribution in [3.63, 3.8) is 0 Å². The van der Waals surface area contributed by atoms with Crippen molar-refractivity contribution in [2.24, 2.45) is 5.10 Å². The number of carbonyl (C=O) groups excluding carboxylic acids is 1. The lowest BCUT2D eigenvalue weighted by Crippen LogP contribution is -2.18. The van der Waals surface area contributed by atoms with Crippen LogP contribution in [0.4, 0.5) is 0 Å². The summed E-state index contributed by atoms with van der Waals surface area (Å²) in [5.41, 5.74) is 6.93. The molecule has 0 saturated heterocycles. The van der Waals surface area contributed by atoms with Crippen molar-refractivity contribution >= 4 is 23.7 Å². The van der Waals surface area contributed by atoms with E-state index in [9.17, 15) is 4.79 Å². The molecule has 0 aromatic heterocycles. The second kappa shape index (κ2) is 9.20. The molecule has 3 rings (SSSR count). The fraction of sp³-hybridized carbons (Fsp3) is 0.130. The van der Waals surface area contributed by atoms with Gasteiger partial charge < -0.3 is 4.74 Å². The summed E-state index contributed by atoms with van der Waals surface area (Å²) in [4.78, 5) is 12.3. The zero-order valence-corrected chi connectivity index (χ0v) is 16.5. The number of hydrazone groups is 1. The summed E-state index contributed by atoms with van der Waals surface area (Å²) in [6.07, 6.45) is 1.56. The molecule has 28 heavy (non-hydrogen) atoms. The summed E-state index contributed by atoms with van der Waals surface area (Å²) < 4.78 is 5.93. The van der Waals surface area contributed by atoms with E-state index in [0.29, 0.717) is 22.9 Å². The highest BCUT2D eigenvalue weighted by atomic mass is 35.5. The number of ether oxygens (including phenoxy) is 1. The molecule has 3 aromatic rings. The first-order valence-electron chi connectivity index (χ1n) is 8.90. The third kappa shape index (κ3) is 5.21. The van der Waals surface area contributed by atoms with Crippen LogP contribution in [0.2, 0.25) is 5.02 Å². The van der Waals surface area contributed by atoms with Crippen molar-refractivity contribution in [1.82, 2.24) is 5.43 Å². The molecule has 0 aliphatic carbocycles. The second-order valence-electron chi connectivity index (χ2n) is 6.50. The molecule has 1 amide bonds. The van der Waals surface area contributed by atoms with Crippen LogP contribution < -0.4 is 10.2 Å². The van der Waals surface area contributed by atoms with Gasteiger partial charge in [-0.15, -0.1) is 0 Å². The Morgan fingerprint density at radius 1 is 1.04 bits per heavy atom. The number of nitrogens with one attached hydrogen (secondary N) is 1. The van der Waals surface area contributed by atoms with Gasteiger partial charge in [-0.2, -0.15) is 5.10 Å². The van der Waals surface area contributed by atoms with Crippen molar-refractivity contribution < 1.29 is 9.53 Å². The lowest BCUT2D eigenvalue weighted by atomic mass is 10.1. The van der Waals surface area contributed by atoms with Gasteiger partial charge in [-0.1, -0.05) is 59.6 Å². The molecule has 0 atom stereocenters. The highest BCUT2D eigenvalue weighted by molar-refractivity contribution is 6.33. The molecule has 0 radical (unpaired) electrons. The second-order valence-corrected chi connectivity index (χ2v) is 6.91. The summed E-state index contributed by atoms with van der Waals surface area (Å²) in [5.74, 6) is 0.329. The van der Waals surface area contributed by atoms with E-state index >= 15 is 0 Å². The molecule has 0 fully saturated rings. The third-order valence-electron chi connectivity index (χ3n) is 4.13. The number of hydrogen-bond acceptors (Lipinski definition) is 3. The lowest BCUT2D eigenvalue weighted by molar-refractivity contribution is 0.0955. The molecule has 0 aliphatic rings. The van der Waals surface area contributed by atoms with E-state index in [-0.39, 0.29) is 5.91 Å². The van der Waals surface area contributed by atoms with Gasteiger partial charge in [-0.25, -0.2) is 5.43 Å². The summed E-state index contributed by atoms with van der Waals surface area (Å²) >= 11 is 6.12. The maximum atomic E-state index is 12.3. The van der Waals surface area contributed by atoms with Crippen LogP contribution in [0.3, 0.4) is 0 Å². The van der Waals surface area contributed by atoms with E-state index in [1.165, 1.54) is 5.56 Å². The Morgan fingerprint density at radius 3 is 2.61 bits per heavy atom. The van der Waals surface area contributed by atoms with E-state index in [0.717, 1.165) is 16.7 Å². The Bertz CT molecular complexity index is 1010. The van der Waals surface area contributed by atoms with Crippen molar-refractivity contribution in [3.05, 3.63) is 99.6 Å². The van der Waals surface area contributed by atoms with Gasteiger partial charge in [-0.3, -0.25) is 4.79 Å². The SMILES string of the molecule is Cc1cccc(COc2ccccc2/C=N\NC(=O)c2ccc(C)cc2Cl)c1. The van der Waals surface area contributed by atoms with E-state index in [2.05, 4.69) is 16.6 Å². The average molecular weight is 393 g/mol. The van der Waals surface area contributed by atoms with E-state index < -0.39 is 0 Å². The summed E-state index contributed by atoms with van der Waals surface area (Å²) in [5, 5.41) is 4.45. The molecule has 5 heteroatoms. The number of rotatable bonds is 6. The number of halogens is 1. The Balaban J connectivity index is 1.66. The molecular weight excluding hydrogens is 372 g/mol. The maximum Gasteiger partial charge on any atom is 0.272 e. The fourth-order valence-electron chi connectivity index (χ4n) is 2.71. The van der Waals surface area contributed by atoms with Gasteiger partial charge in [0.2, 0.25) is 0 Å². The van der Waals surface area contributed by atoms with Gasteiger partial charge >= 0.3 is 0 Å². The van der Waals surface area contributed by atoms with Gasteiger partial charge in [0, 0.05) is 5.56 Å². The minimum absolute atomic E-state index is 0.362. The van der Waals surface area contributed by atoms with Crippen LogP contribution in [0.25, 0.3) is 0 Å². The maximum absolute atomic E-state index is 12.3. The molecule has 0 saturated carbocycles. The first kappa shape index (κ1) is 19.6. The van der Waals surface area contributed by atoms with Gasteiger partial charge in [0.15, 0.2) is 0 Å². The number of aryl methyl sites for hydroxylation is 2. The quantitative estimate of drug-likeness (QED) is 0.457.